The number of nitrogens with one attached hydrogen (secondary N) is 2. The molecule has 0 saturated heterocycles. The number of nitrogens with two attached hydrogens (primary N) is 1. The minimum atomic E-state index is -0.385. The summed E-state index contributed by atoms with van der Waals surface area (Å²) < 4.78 is 0. The van der Waals surface area contributed by atoms with E-state index in [0.717, 1.165) is 0 Å². The van der Waals surface area contributed by atoms with Crippen molar-refractivity contribution in [2.24, 2.45) is 5.73 Å². The van der Waals surface area contributed by atoms with Crippen LogP contribution in [0.1, 0.15) is 6.42 Å². The average Bonchev–Trinajstić information content (AvgIpc) is 2.03. The third-order valence-corrected chi connectivity index (χ3v) is 1.31. The lowest BCUT2D eigenvalue weighted by Gasteiger charge is -2.03. The second kappa shape index (κ2) is 5.62. The quantitative estimate of drug-likeness (QED) is 0.473. The third-order valence-electron chi connectivity index (χ3n) is 1.06. The number of carbonyl (C=O) groups excluding carboxylic acids is 2. The molecule has 6 heteroatoms. The van der Waals surface area contributed by atoms with Crippen LogP contribution in [0.15, 0.2) is 0 Å². The second-order valence-electron chi connectivity index (χ2n) is 2.03. The number of thiocarbonyl (C=S) groups is 1. The molecule has 5 nitrogen and oxygen atoms in total. The fraction of sp³-hybridized carbons (Fsp3) is 0.500. The molecular formula is C6H11N3O2S. The van der Waals surface area contributed by atoms with Gasteiger partial charge in [-0.1, -0.05) is 12.2 Å². The predicted molar refractivity (Wildman–Crippen MR) is 48.5 cm³/mol. The number of amides is 2. The molecule has 0 radical (unpaired) electrons. The van der Waals surface area contributed by atoms with Gasteiger partial charge in [-0.15, -0.1) is 0 Å². The summed E-state index contributed by atoms with van der Waals surface area (Å²) in [7, 11) is 1.50. The molecule has 0 aliphatic rings. The van der Waals surface area contributed by atoms with Crippen molar-refractivity contribution in [3.8, 4) is 0 Å². The summed E-state index contributed by atoms with van der Waals surface area (Å²) in [6.07, 6.45) is 0.0115. The maximum Gasteiger partial charge on any atom is 0.238 e. The molecular weight excluding hydrogens is 178 g/mol. The van der Waals surface area contributed by atoms with Crippen molar-refractivity contribution >= 4 is 29.0 Å². The lowest BCUT2D eigenvalue weighted by molar-refractivity contribution is -0.119. The summed E-state index contributed by atoms with van der Waals surface area (Å²) >= 11 is 4.69. The van der Waals surface area contributed by atoms with Gasteiger partial charge in [-0.05, 0) is 0 Å². The molecule has 0 aliphatic heterocycles. The molecule has 0 aromatic carbocycles. The van der Waals surface area contributed by atoms with E-state index < -0.39 is 0 Å². The van der Waals surface area contributed by atoms with Gasteiger partial charge in [0.05, 0.1) is 18.0 Å². The smallest absolute Gasteiger partial charge is 0.238 e. The molecule has 0 fully saturated rings. The maximum atomic E-state index is 10.7. The standard InChI is InChI=1S/C6H11N3O2S/c1-8-4(10)2-6(12)9-5(11)3-7/h2-3,7H2,1H3,(H,8,10)(H,9,11,12). The summed E-state index contributed by atoms with van der Waals surface area (Å²) in [5.41, 5.74) is 5.01. The van der Waals surface area contributed by atoms with Crippen molar-refractivity contribution in [1.82, 2.24) is 10.6 Å². The van der Waals surface area contributed by atoms with E-state index in [-0.39, 0.29) is 29.8 Å². The van der Waals surface area contributed by atoms with E-state index in [1.54, 1.807) is 0 Å². The molecule has 0 aliphatic carbocycles. The van der Waals surface area contributed by atoms with Crippen LogP contribution < -0.4 is 16.4 Å². The molecule has 68 valence electrons. The van der Waals surface area contributed by atoms with Gasteiger partial charge in [0.25, 0.3) is 0 Å². The number of carbonyl (C=O) groups is 2. The van der Waals surface area contributed by atoms with E-state index in [0.29, 0.717) is 0 Å². The molecule has 0 rings (SSSR count). The zero-order valence-electron chi connectivity index (χ0n) is 6.72. The van der Waals surface area contributed by atoms with Crippen molar-refractivity contribution in [3.63, 3.8) is 0 Å². The Balaban J connectivity index is 3.74. The minimum Gasteiger partial charge on any atom is -0.359 e. The van der Waals surface area contributed by atoms with Gasteiger partial charge in [0.15, 0.2) is 0 Å². The molecule has 0 aromatic rings. The first-order valence-electron chi connectivity index (χ1n) is 3.33. The van der Waals surface area contributed by atoms with Crippen LogP contribution in [0.25, 0.3) is 0 Å². The monoisotopic (exact) mass is 189 g/mol. The highest BCUT2D eigenvalue weighted by Gasteiger charge is 2.05. The molecule has 2 amide bonds. The summed E-state index contributed by atoms with van der Waals surface area (Å²) in [5.74, 6) is -0.624. The lowest BCUT2D eigenvalue weighted by atomic mass is 10.4. The summed E-state index contributed by atoms with van der Waals surface area (Å²) in [4.78, 5) is 21.5. The molecule has 0 heterocycles. The van der Waals surface area contributed by atoms with Gasteiger partial charge in [-0.3, -0.25) is 9.59 Å². The second-order valence-corrected chi connectivity index (χ2v) is 2.52. The molecule has 12 heavy (non-hydrogen) atoms. The van der Waals surface area contributed by atoms with Crippen LogP contribution in [0.4, 0.5) is 0 Å². The molecule has 0 aromatic heterocycles. The minimum absolute atomic E-state index is 0.0115. The van der Waals surface area contributed by atoms with Crippen LogP contribution >= 0.6 is 12.2 Å². The van der Waals surface area contributed by atoms with Crippen LogP contribution in [0.2, 0.25) is 0 Å². The van der Waals surface area contributed by atoms with Crippen LogP contribution in [-0.2, 0) is 9.59 Å². The van der Waals surface area contributed by atoms with E-state index in [1.807, 2.05) is 0 Å². The topological polar surface area (TPSA) is 84.2 Å². The van der Waals surface area contributed by atoms with Crippen molar-refractivity contribution in [2.45, 2.75) is 6.42 Å². The Morgan fingerprint density at radius 2 is 2.00 bits per heavy atom. The Hall–Kier alpha value is -1.01. The summed E-state index contributed by atoms with van der Waals surface area (Å²) in [5, 5.41) is 4.68. The van der Waals surface area contributed by atoms with E-state index in [9.17, 15) is 9.59 Å². The van der Waals surface area contributed by atoms with Crippen LogP contribution in [0.3, 0.4) is 0 Å². The Morgan fingerprint density at radius 3 is 2.42 bits per heavy atom. The van der Waals surface area contributed by atoms with Crippen molar-refractivity contribution in [1.29, 1.82) is 0 Å². The summed E-state index contributed by atoms with van der Waals surface area (Å²) in [6.45, 7) is -0.131. The largest absolute Gasteiger partial charge is 0.359 e. The number of hydrogen-bond donors (Lipinski definition) is 3. The van der Waals surface area contributed by atoms with Crippen molar-refractivity contribution < 1.29 is 9.59 Å². The zero-order chi connectivity index (χ0) is 9.56. The van der Waals surface area contributed by atoms with Gasteiger partial charge < -0.3 is 16.4 Å². The Kier molecular flexibility index (Phi) is 5.14. The Morgan fingerprint density at radius 1 is 1.42 bits per heavy atom. The SMILES string of the molecule is CNC(=O)CC(=S)NC(=O)CN. The summed E-state index contributed by atoms with van der Waals surface area (Å²) in [6, 6.07) is 0. The van der Waals surface area contributed by atoms with Crippen LogP contribution in [0, 0.1) is 0 Å². The van der Waals surface area contributed by atoms with E-state index in [1.165, 1.54) is 7.05 Å². The highest BCUT2D eigenvalue weighted by Crippen LogP contribution is 1.82. The van der Waals surface area contributed by atoms with Crippen molar-refractivity contribution in [3.05, 3.63) is 0 Å². The Bertz CT molecular complexity index is 185. The van der Waals surface area contributed by atoms with Crippen LogP contribution in [-0.4, -0.2) is 30.4 Å². The van der Waals surface area contributed by atoms with Crippen LogP contribution in [0.5, 0.6) is 0 Å². The van der Waals surface area contributed by atoms with E-state index >= 15 is 0 Å². The molecule has 4 N–H and O–H groups in total. The van der Waals surface area contributed by atoms with Gasteiger partial charge in [0.1, 0.15) is 0 Å². The van der Waals surface area contributed by atoms with Gasteiger partial charge in [-0.2, -0.15) is 0 Å². The first kappa shape index (κ1) is 11.0. The Labute approximate surface area is 75.7 Å². The molecule has 0 unspecified atom stereocenters. The van der Waals surface area contributed by atoms with Gasteiger partial charge in [0.2, 0.25) is 11.8 Å². The third kappa shape index (κ3) is 4.75. The maximum absolute atomic E-state index is 10.7. The fourth-order valence-electron chi connectivity index (χ4n) is 0.485. The molecule has 0 atom stereocenters. The van der Waals surface area contributed by atoms with Gasteiger partial charge >= 0.3 is 0 Å². The highest BCUT2D eigenvalue weighted by molar-refractivity contribution is 7.80. The molecule has 0 spiro atoms. The first-order chi connectivity index (χ1) is 5.60. The zero-order valence-corrected chi connectivity index (χ0v) is 7.53. The predicted octanol–water partition coefficient (Wildman–Crippen LogP) is -1.48. The van der Waals surface area contributed by atoms with Gasteiger partial charge in [-0.25, -0.2) is 0 Å². The van der Waals surface area contributed by atoms with E-state index in [2.05, 4.69) is 10.6 Å². The van der Waals surface area contributed by atoms with Crippen molar-refractivity contribution in [2.75, 3.05) is 13.6 Å². The molecule has 0 bridgehead atoms. The first-order valence-corrected chi connectivity index (χ1v) is 3.74. The van der Waals surface area contributed by atoms with Gasteiger partial charge in [0, 0.05) is 7.05 Å². The lowest BCUT2D eigenvalue weighted by Crippen LogP contribution is -2.36. The van der Waals surface area contributed by atoms with E-state index in [4.69, 9.17) is 18.0 Å². The molecule has 0 saturated carbocycles. The fourth-order valence-corrected chi connectivity index (χ4v) is 0.730. The number of hydrogen-bond acceptors (Lipinski definition) is 4. The number of rotatable bonds is 3. The average molecular weight is 189 g/mol. The normalized spacial score (nSPS) is 8.83. The highest BCUT2D eigenvalue weighted by atomic mass is 32.1.